The number of carbonyl (C=O) groups excluding carboxylic acids is 1. The maximum absolute atomic E-state index is 14.0. The molecule has 0 saturated carbocycles. The number of nitrogens with one attached hydrogen (secondary N) is 2. The highest BCUT2D eigenvalue weighted by atomic mass is 32.1. The number of carbonyl (C=O) groups is 1. The Labute approximate surface area is 158 Å². The summed E-state index contributed by atoms with van der Waals surface area (Å²) in [5, 5.41) is 14.4. The van der Waals surface area contributed by atoms with Gasteiger partial charge in [-0.05, 0) is 18.2 Å². The van der Waals surface area contributed by atoms with Crippen LogP contribution < -0.4 is 15.4 Å². The van der Waals surface area contributed by atoms with E-state index in [2.05, 4.69) is 30.8 Å². The lowest BCUT2D eigenvalue weighted by Crippen LogP contribution is -2.19. The van der Waals surface area contributed by atoms with E-state index in [0.717, 1.165) is 5.01 Å². The first-order chi connectivity index (χ1) is 13.0. The quantitative estimate of drug-likeness (QED) is 0.666. The van der Waals surface area contributed by atoms with Crippen molar-refractivity contribution in [2.45, 2.75) is 26.4 Å². The molecule has 0 fully saturated rings. The Hall–Kier alpha value is -3.14. The maximum atomic E-state index is 14.0. The Balaban J connectivity index is 1.61. The van der Waals surface area contributed by atoms with E-state index in [0.29, 0.717) is 10.8 Å². The SMILES string of the molecule is CC(C)c1nnc(NC(=O)Nc2ccc(F)c(COc3cnccn3)c2)s1. The molecule has 0 aliphatic rings. The minimum absolute atomic E-state index is 0.0458. The smallest absolute Gasteiger partial charge is 0.325 e. The van der Waals surface area contributed by atoms with Crippen LogP contribution in [0, 0.1) is 5.82 Å². The summed E-state index contributed by atoms with van der Waals surface area (Å²) in [4.78, 5) is 19.9. The third-order valence-electron chi connectivity index (χ3n) is 3.37. The number of halogens is 1. The molecule has 0 unspecified atom stereocenters. The fraction of sp³-hybridized carbons (Fsp3) is 0.235. The molecule has 0 aliphatic heterocycles. The van der Waals surface area contributed by atoms with Crippen molar-refractivity contribution < 1.29 is 13.9 Å². The fourth-order valence-electron chi connectivity index (χ4n) is 2.05. The second kappa shape index (κ2) is 8.49. The third-order valence-corrected chi connectivity index (χ3v) is 4.51. The van der Waals surface area contributed by atoms with Crippen LogP contribution in [0.4, 0.5) is 20.0 Å². The van der Waals surface area contributed by atoms with E-state index in [1.807, 2.05) is 13.8 Å². The predicted octanol–water partition coefficient (Wildman–Crippen LogP) is 3.81. The van der Waals surface area contributed by atoms with E-state index in [-0.39, 0.29) is 24.0 Å². The van der Waals surface area contributed by atoms with Crippen molar-refractivity contribution in [2.75, 3.05) is 10.6 Å². The maximum Gasteiger partial charge on any atom is 0.325 e. The number of rotatable bonds is 6. The molecule has 10 heteroatoms. The van der Waals surface area contributed by atoms with Gasteiger partial charge in [0.1, 0.15) is 17.4 Å². The molecule has 3 aromatic rings. The number of hydrogen-bond donors (Lipinski definition) is 2. The summed E-state index contributed by atoms with van der Waals surface area (Å²) in [6, 6.07) is 3.71. The van der Waals surface area contributed by atoms with E-state index in [4.69, 9.17) is 4.74 Å². The molecule has 8 nitrogen and oxygen atoms in total. The van der Waals surface area contributed by atoms with E-state index in [9.17, 15) is 9.18 Å². The van der Waals surface area contributed by atoms with Gasteiger partial charge in [0.25, 0.3) is 0 Å². The van der Waals surface area contributed by atoms with Gasteiger partial charge in [-0.2, -0.15) is 0 Å². The van der Waals surface area contributed by atoms with Gasteiger partial charge in [0.15, 0.2) is 0 Å². The van der Waals surface area contributed by atoms with Crippen molar-refractivity contribution in [3.8, 4) is 5.88 Å². The number of aromatic nitrogens is 4. The van der Waals surface area contributed by atoms with E-state index >= 15 is 0 Å². The fourth-order valence-corrected chi connectivity index (χ4v) is 2.79. The van der Waals surface area contributed by atoms with E-state index in [1.165, 1.54) is 48.1 Å². The van der Waals surface area contributed by atoms with Crippen molar-refractivity contribution in [3.63, 3.8) is 0 Å². The first kappa shape index (κ1) is 18.6. The minimum atomic E-state index is -0.492. The van der Waals surface area contributed by atoms with Gasteiger partial charge in [-0.15, -0.1) is 10.2 Å². The van der Waals surface area contributed by atoms with Gasteiger partial charge < -0.3 is 10.1 Å². The highest BCUT2D eigenvalue weighted by Gasteiger charge is 2.12. The molecule has 3 rings (SSSR count). The molecule has 2 N–H and O–H groups in total. The Kier molecular flexibility index (Phi) is 5.87. The molecule has 0 saturated heterocycles. The summed E-state index contributed by atoms with van der Waals surface area (Å²) in [5.41, 5.74) is 0.691. The normalized spacial score (nSPS) is 10.7. The lowest BCUT2D eigenvalue weighted by Gasteiger charge is -2.09. The van der Waals surface area contributed by atoms with Crippen LogP contribution in [0.3, 0.4) is 0 Å². The number of hydrogen-bond acceptors (Lipinski definition) is 7. The van der Waals surface area contributed by atoms with Gasteiger partial charge in [-0.25, -0.2) is 14.2 Å². The Bertz CT molecular complexity index is 919. The van der Waals surface area contributed by atoms with Crippen molar-refractivity contribution in [1.29, 1.82) is 0 Å². The molecular formula is C17H17FN6O2S. The number of urea groups is 1. The largest absolute Gasteiger partial charge is 0.472 e. The summed E-state index contributed by atoms with van der Waals surface area (Å²) in [7, 11) is 0. The van der Waals surface area contributed by atoms with E-state index in [1.54, 1.807) is 0 Å². The molecule has 0 bridgehead atoms. The van der Waals surface area contributed by atoms with Gasteiger partial charge in [-0.3, -0.25) is 10.3 Å². The zero-order chi connectivity index (χ0) is 19.2. The summed E-state index contributed by atoms with van der Waals surface area (Å²) in [6.07, 6.45) is 4.42. The van der Waals surface area contributed by atoms with Crippen molar-refractivity contribution in [1.82, 2.24) is 20.2 Å². The standard InChI is InChI=1S/C17H17FN6O2S/c1-10(2)15-23-24-17(27-15)22-16(25)21-12-3-4-13(18)11(7-12)9-26-14-8-19-5-6-20-14/h3-8,10H,9H2,1-2H3,(H2,21,22,24,25). The summed E-state index contributed by atoms with van der Waals surface area (Å²) < 4.78 is 19.4. The Morgan fingerprint density at radius 3 is 2.81 bits per heavy atom. The molecule has 0 spiro atoms. The van der Waals surface area contributed by atoms with E-state index < -0.39 is 11.8 Å². The molecule has 0 aliphatic carbocycles. The van der Waals surface area contributed by atoms with Gasteiger partial charge >= 0.3 is 6.03 Å². The van der Waals surface area contributed by atoms with Crippen molar-refractivity contribution in [3.05, 3.63) is 53.2 Å². The lowest BCUT2D eigenvalue weighted by atomic mass is 10.2. The summed E-state index contributed by atoms with van der Waals surface area (Å²) >= 11 is 1.30. The van der Waals surface area contributed by atoms with Crippen LogP contribution in [0.5, 0.6) is 5.88 Å². The highest BCUT2D eigenvalue weighted by molar-refractivity contribution is 7.15. The van der Waals surface area contributed by atoms with Crippen LogP contribution in [0.15, 0.2) is 36.8 Å². The number of benzene rings is 1. The summed E-state index contributed by atoms with van der Waals surface area (Å²) in [6.45, 7) is 3.94. The molecule has 1 aromatic carbocycles. The zero-order valence-corrected chi connectivity index (χ0v) is 15.5. The Morgan fingerprint density at radius 1 is 1.26 bits per heavy atom. The molecule has 0 atom stereocenters. The first-order valence-corrected chi connectivity index (χ1v) is 8.91. The molecule has 140 valence electrons. The molecule has 0 radical (unpaired) electrons. The highest BCUT2D eigenvalue weighted by Crippen LogP contribution is 2.23. The zero-order valence-electron chi connectivity index (χ0n) is 14.6. The van der Waals surface area contributed by atoms with Gasteiger partial charge in [0, 0.05) is 29.6 Å². The Morgan fingerprint density at radius 2 is 2.11 bits per heavy atom. The predicted molar refractivity (Wildman–Crippen MR) is 99.4 cm³/mol. The van der Waals surface area contributed by atoms with Crippen LogP contribution in [-0.2, 0) is 6.61 Å². The number of anilines is 2. The molecule has 2 heterocycles. The molecule has 2 amide bonds. The molecule has 27 heavy (non-hydrogen) atoms. The lowest BCUT2D eigenvalue weighted by molar-refractivity contribution is 0.262. The second-order valence-corrected chi connectivity index (χ2v) is 6.83. The molecule has 2 aromatic heterocycles. The third kappa shape index (κ3) is 5.17. The van der Waals surface area contributed by atoms with Crippen LogP contribution in [0.25, 0.3) is 0 Å². The average Bonchev–Trinajstić information content (AvgIpc) is 3.11. The first-order valence-electron chi connectivity index (χ1n) is 8.10. The molecular weight excluding hydrogens is 371 g/mol. The number of nitrogens with zero attached hydrogens (tertiary/aromatic N) is 4. The second-order valence-electron chi connectivity index (χ2n) is 5.82. The summed E-state index contributed by atoms with van der Waals surface area (Å²) in [5.74, 6) is 0.0656. The van der Waals surface area contributed by atoms with Gasteiger partial charge in [0.05, 0.1) is 6.20 Å². The van der Waals surface area contributed by atoms with Crippen LogP contribution >= 0.6 is 11.3 Å². The topological polar surface area (TPSA) is 102 Å². The number of ether oxygens (including phenoxy) is 1. The van der Waals surface area contributed by atoms with Gasteiger partial charge in [0.2, 0.25) is 11.0 Å². The average molecular weight is 388 g/mol. The minimum Gasteiger partial charge on any atom is -0.472 e. The van der Waals surface area contributed by atoms with Crippen molar-refractivity contribution in [2.24, 2.45) is 0 Å². The van der Waals surface area contributed by atoms with Crippen molar-refractivity contribution >= 4 is 28.2 Å². The number of amides is 2. The monoisotopic (exact) mass is 388 g/mol. The van der Waals surface area contributed by atoms with Crippen LogP contribution in [0.2, 0.25) is 0 Å². The van der Waals surface area contributed by atoms with Crippen LogP contribution in [-0.4, -0.2) is 26.2 Å². The van der Waals surface area contributed by atoms with Crippen LogP contribution in [0.1, 0.15) is 30.3 Å². The van der Waals surface area contributed by atoms with Gasteiger partial charge in [-0.1, -0.05) is 25.2 Å².